The molecule has 9 heteroatoms. The number of methoxy groups -OCH3 is 1. The molecular formula is C25H24ClFN4O3. The molecule has 1 aromatic heterocycles. The van der Waals surface area contributed by atoms with Gasteiger partial charge in [0.1, 0.15) is 17.7 Å². The van der Waals surface area contributed by atoms with E-state index >= 15 is 0 Å². The second-order valence-corrected chi connectivity index (χ2v) is 8.22. The minimum absolute atomic E-state index is 0.195. The van der Waals surface area contributed by atoms with Gasteiger partial charge in [-0.15, -0.1) is 0 Å². The number of ether oxygens (including phenoxy) is 1. The third-order valence-electron chi connectivity index (χ3n) is 5.72. The van der Waals surface area contributed by atoms with E-state index in [2.05, 4.69) is 10.3 Å². The molecule has 0 saturated carbocycles. The zero-order valence-electron chi connectivity index (χ0n) is 18.6. The van der Waals surface area contributed by atoms with Crippen molar-refractivity contribution in [3.63, 3.8) is 0 Å². The van der Waals surface area contributed by atoms with Crippen molar-refractivity contribution in [2.24, 2.45) is 0 Å². The largest absolute Gasteiger partial charge is 0.468 e. The molecule has 0 radical (unpaired) electrons. The van der Waals surface area contributed by atoms with Gasteiger partial charge in [0.15, 0.2) is 0 Å². The Hall–Kier alpha value is -3.49. The normalized spacial score (nSPS) is 15.0. The third-order valence-corrected chi connectivity index (χ3v) is 6.06. The number of esters is 1. The monoisotopic (exact) mass is 482 g/mol. The molecule has 7 nitrogen and oxygen atoms in total. The van der Waals surface area contributed by atoms with E-state index in [9.17, 15) is 14.0 Å². The molecule has 1 aliphatic heterocycles. The maximum Gasteiger partial charge on any atom is 0.327 e. The average Bonchev–Trinajstić information content (AvgIpc) is 2.85. The minimum atomic E-state index is -0.653. The minimum Gasteiger partial charge on any atom is -0.468 e. The van der Waals surface area contributed by atoms with Crippen molar-refractivity contribution < 1.29 is 18.7 Å². The van der Waals surface area contributed by atoms with Gasteiger partial charge in [-0.3, -0.25) is 9.69 Å². The lowest BCUT2D eigenvalue weighted by atomic mass is 10.0. The summed E-state index contributed by atoms with van der Waals surface area (Å²) in [5, 5.41) is 3.51. The number of piperazine rings is 1. The molecule has 1 fully saturated rings. The van der Waals surface area contributed by atoms with E-state index in [1.54, 1.807) is 53.6 Å². The number of pyridine rings is 1. The summed E-state index contributed by atoms with van der Waals surface area (Å²) in [6, 6.07) is 15.9. The standard InChI is InChI=1S/C25H24ClFN4O3/c1-34-25(33)22(19-8-2-3-10-21(19)26)30-12-14-31(15-13-30)24(32)20-9-5-11-28-23(20)29-18-7-4-6-17(27)16-18/h2-11,16,22H,12-15H2,1H3,(H,28,29). The predicted octanol–water partition coefficient (Wildman–Crippen LogP) is 4.29. The smallest absolute Gasteiger partial charge is 0.327 e. The van der Waals surface area contributed by atoms with Gasteiger partial charge in [-0.25, -0.2) is 14.2 Å². The number of rotatable bonds is 6. The van der Waals surface area contributed by atoms with Gasteiger partial charge in [0.2, 0.25) is 0 Å². The number of nitrogens with one attached hydrogen (secondary N) is 1. The Morgan fingerprint density at radius 2 is 1.82 bits per heavy atom. The number of carbonyl (C=O) groups excluding carboxylic acids is 2. The first-order valence-electron chi connectivity index (χ1n) is 10.8. The molecule has 1 N–H and O–H groups in total. The molecule has 1 saturated heterocycles. The Kier molecular flexibility index (Phi) is 7.40. The second kappa shape index (κ2) is 10.6. The van der Waals surface area contributed by atoms with Gasteiger partial charge in [0.05, 0.1) is 12.7 Å². The van der Waals surface area contributed by atoms with Gasteiger partial charge in [-0.05, 0) is 42.0 Å². The van der Waals surface area contributed by atoms with Crippen LogP contribution in [0, 0.1) is 5.82 Å². The van der Waals surface area contributed by atoms with Crippen LogP contribution in [0.1, 0.15) is 22.0 Å². The highest BCUT2D eigenvalue weighted by atomic mass is 35.5. The van der Waals surface area contributed by atoms with E-state index < -0.39 is 12.0 Å². The van der Waals surface area contributed by atoms with E-state index in [1.165, 1.54) is 19.2 Å². The molecular weight excluding hydrogens is 459 g/mol. The van der Waals surface area contributed by atoms with Gasteiger partial charge >= 0.3 is 5.97 Å². The first-order chi connectivity index (χ1) is 16.5. The summed E-state index contributed by atoms with van der Waals surface area (Å²) in [6.07, 6.45) is 1.57. The van der Waals surface area contributed by atoms with Crippen molar-refractivity contribution in [2.45, 2.75) is 6.04 Å². The SMILES string of the molecule is COC(=O)C(c1ccccc1Cl)N1CCN(C(=O)c2cccnc2Nc2cccc(F)c2)CC1. The van der Waals surface area contributed by atoms with Crippen LogP contribution >= 0.6 is 11.6 Å². The van der Waals surface area contributed by atoms with Crippen LogP contribution in [-0.2, 0) is 9.53 Å². The highest BCUT2D eigenvalue weighted by Crippen LogP contribution is 2.30. The molecule has 1 atom stereocenters. The summed E-state index contributed by atoms with van der Waals surface area (Å²) in [5.74, 6) is -0.631. The number of hydrogen-bond acceptors (Lipinski definition) is 6. The molecule has 3 aromatic rings. The number of aromatic nitrogens is 1. The number of benzene rings is 2. The Bertz CT molecular complexity index is 1180. The maximum absolute atomic E-state index is 13.6. The van der Waals surface area contributed by atoms with Crippen LogP contribution in [0.4, 0.5) is 15.9 Å². The fourth-order valence-corrected chi connectivity index (χ4v) is 4.25. The van der Waals surface area contributed by atoms with E-state index in [0.717, 1.165) is 0 Å². The zero-order chi connectivity index (χ0) is 24.1. The van der Waals surface area contributed by atoms with Gasteiger partial charge in [-0.2, -0.15) is 0 Å². The average molecular weight is 483 g/mol. The maximum atomic E-state index is 13.6. The second-order valence-electron chi connectivity index (χ2n) is 7.81. The number of nitrogens with zero attached hydrogens (tertiary/aromatic N) is 3. The first kappa shape index (κ1) is 23.7. The highest BCUT2D eigenvalue weighted by molar-refractivity contribution is 6.31. The number of anilines is 2. The molecule has 34 heavy (non-hydrogen) atoms. The summed E-state index contributed by atoms with van der Waals surface area (Å²) in [4.78, 5) is 33.9. The molecule has 1 aliphatic rings. The van der Waals surface area contributed by atoms with Crippen LogP contribution in [0.5, 0.6) is 0 Å². The summed E-state index contributed by atoms with van der Waals surface area (Å²) < 4.78 is 18.6. The van der Waals surface area contributed by atoms with Crippen molar-refractivity contribution in [3.8, 4) is 0 Å². The lowest BCUT2D eigenvalue weighted by Gasteiger charge is -2.38. The molecule has 0 spiro atoms. The molecule has 2 aromatic carbocycles. The van der Waals surface area contributed by atoms with Crippen molar-refractivity contribution in [1.29, 1.82) is 0 Å². The van der Waals surface area contributed by atoms with Gasteiger partial charge in [0.25, 0.3) is 5.91 Å². The van der Waals surface area contributed by atoms with Crippen molar-refractivity contribution in [1.82, 2.24) is 14.8 Å². The van der Waals surface area contributed by atoms with E-state index in [4.69, 9.17) is 16.3 Å². The Morgan fingerprint density at radius 1 is 1.06 bits per heavy atom. The van der Waals surface area contributed by atoms with Crippen LogP contribution < -0.4 is 5.32 Å². The first-order valence-corrected chi connectivity index (χ1v) is 11.2. The molecule has 0 bridgehead atoms. The van der Waals surface area contributed by atoms with E-state index in [1.807, 2.05) is 11.0 Å². The van der Waals surface area contributed by atoms with Crippen LogP contribution in [0.3, 0.4) is 0 Å². The lowest BCUT2D eigenvalue weighted by molar-refractivity contribution is -0.148. The Balaban J connectivity index is 1.49. The summed E-state index contributed by atoms with van der Waals surface area (Å²) in [6.45, 7) is 1.74. The fraction of sp³-hybridized carbons (Fsp3) is 0.240. The molecule has 1 amide bonds. The predicted molar refractivity (Wildman–Crippen MR) is 128 cm³/mol. The molecule has 1 unspecified atom stereocenters. The molecule has 2 heterocycles. The number of amides is 1. The number of halogens is 2. The third kappa shape index (κ3) is 5.18. The summed E-state index contributed by atoms with van der Waals surface area (Å²) in [5.41, 5.74) is 1.55. The Labute approximate surface area is 202 Å². The molecule has 176 valence electrons. The fourth-order valence-electron chi connectivity index (χ4n) is 4.02. The number of hydrogen-bond donors (Lipinski definition) is 1. The van der Waals surface area contributed by atoms with Gasteiger partial charge in [0, 0.05) is 43.1 Å². The zero-order valence-corrected chi connectivity index (χ0v) is 19.3. The van der Waals surface area contributed by atoms with Crippen LogP contribution in [0.15, 0.2) is 66.9 Å². The molecule has 0 aliphatic carbocycles. The molecule has 4 rings (SSSR count). The lowest BCUT2D eigenvalue weighted by Crippen LogP contribution is -2.51. The highest BCUT2D eigenvalue weighted by Gasteiger charge is 2.34. The van der Waals surface area contributed by atoms with Crippen molar-refractivity contribution in [3.05, 3.63) is 88.8 Å². The van der Waals surface area contributed by atoms with Crippen molar-refractivity contribution >= 4 is 35.0 Å². The van der Waals surface area contributed by atoms with Gasteiger partial charge < -0.3 is 15.0 Å². The van der Waals surface area contributed by atoms with Gasteiger partial charge in [-0.1, -0.05) is 35.9 Å². The van der Waals surface area contributed by atoms with Crippen LogP contribution in [0.25, 0.3) is 0 Å². The quantitative estimate of drug-likeness (QED) is 0.528. The van der Waals surface area contributed by atoms with Crippen LogP contribution in [0.2, 0.25) is 5.02 Å². The Morgan fingerprint density at radius 3 is 2.53 bits per heavy atom. The van der Waals surface area contributed by atoms with E-state index in [0.29, 0.717) is 53.8 Å². The van der Waals surface area contributed by atoms with E-state index in [-0.39, 0.29) is 11.7 Å². The number of carbonyl (C=O) groups is 2. The summed E-state index contributed by atoms with van der Waals surface area (Å²) in [7, 11) is 1.35. The summed E-state index contributed by atoms with van der Waals surface area (Å²) >= 11 is 6.36. The topological polar surface area (TPSA) is 74.8 Å². The van der Waals surface area contributed by atoms with Crippen LogP contribution in [-0.4, -0.2) is 59.9 Å². The van der Waals surface area contributed by atoms with Crippen molar-refractivity contribution in [2.75, 3.05) is 38.6 Å².